The quantitative estimate of drug-likeness (QED) is 0.851. The SMILES string of the molecule is O=C1CC[C@H](C(=O)NC2CCC(Oc3ncc(F)cn3)CC2)N1. The van der Waals surface area contributed by atoms with Crippen molar-refractivity contribution in [2.24, 2.45) is 0 Å². The molecular formula is C15H19FN4O3. The third kappa shape index (κ3) is 4.14. The van der Waals surface area contributed by atoms with Crippen molar-refractivity contribution in [3.05, 3.63) is 18.2 Å². The summed E-state index contributed by atoms with van der Waals surface area (Å²) in [6.45, 7) is 0. The van der Waals surface area contributed by atoms with Crippen molar-refractivity contribution in [3.8, 4) is 6.01 Å². The zero-order valence-electron chi connectivity index (χ0n) is 12.6. The summed E-state index contributed by atoms with van der Waals surface area (Å²) in [5, 5.41) is 5.65. The van der Waals surface area contributed by atoms with Crippen molar-refractivity contribution in [3.63, 3.8) is 0 Å². The Hall–Kier alpha value is -2.25. The maximum absolute atomic E-state index is 12.7. The van der Waals surface area contributed by atoms with E-state index in [2.05, 4.69) is 20.6 Å². The van der Waals surface area contributed by atoms with Crippen molar-refractivity contribution in [2.45, 2.75) is 56.7 Å². The first-order valence-corrected chi connectivity index (χ1v) is 7.84. The van der Waals surface area contributed by atoms with Gasteiger partial charge in [0.2, 0.25) is 11.8 Å². The number of rotatable bonds is 4. The molecule has 0 spiro atoms. The standard InChI is InChI=1S/C15H19FN4O3/c16-9-7-17-15(18-8-9)23-11-3-1-10(2-4-11)19-14(22)12-5-6-13(21)20-12/h7-8,10-12H,1-6H2,(H,19,22)(H,20,21)/t10?,11?,12-/m1/s1. The van der Waals surface area contributed by atoms with E-state index in [4.69, 9.17) is 4.74 Å². The molecule has 7 nitrogen and oxygen atoms in total. The van der Waals surface area contributed by atoms with Gasteiger partial charge in [-0.05, 0) is 32.1 Å². The number of hydrogen-bond acceptors (Lipinski definition) is 5. The van der Waals surface area contributed by atoms with Gasteiger partial charge in [0.15, 0.2) is 5.82 Å². The minimum Gasteiger partial charge on any atom is -0.460 e. The van der Waals surface area contributed by atoms with E-state index in [9.17, 15) is 14.0 Å². The van der Waals surface area contributed by atoms with E-state index < -0.39 is 11.9 Å². The third-order valence-electron chi connectivity index (χ3n) is 4.20. The molecule has 3 rings (SSSR count). The maximum Gasteiger partial charge on any atom is 0.316 e. The van der Waals surface area contributed by atoms with Gasteiger partial charge in [-0.2, -0.15) is 0 Å². The summed E-state index contributed by atoms with van der Waals surface area (Å²) >= 11 is 0. The van der Waals surface area contributed by atoms with Crippen LogP contribution in [0, 0.1) is 5.82 Å². The molecule has 1 aliphatic heterocycles. The highest BCUT2D eigenvalue weighted by Gasteiger charge is 2.30. The summed E-state index contributed by atoms with van der Waals surface area (Å²) in [6.07, 6.45) is 6.21. The summed E-state index contributed by atoms with van der Waals surface area (Å²) in [6, 6.07) is -0.134. The summed E-state index contributed by atoms with van der Waals surface area (Å²) in [5.41, 5.74) is 0. The molecule has 1 saturated carbocycles. The van der Waals surface area contributed by atoms with Crippen LogP contribution in [0.3, 0.4) is 0 Å². The van der Waals surface area contributed by atoms with Gasteiger partial charge in [0, 0.05) is 12.5 Å². The first-order valence-electron chi connectivity index (χ1n) is 7.84. The van der Waals surface area contributed by atoms with Gasteiger partial charge in [-0.3, -0.25) is 9.59 Å². The van der Waals surface area contributed by atoms with E-state index in [1.807, 2.05) is 0 Å². The van der Waals surface area contributed by atoms with E-state index in [0.29, 0.717) is 12.8 Å². The summed E-state index contributed by atoms with van der Waals surface area (Å²) in [7, 11) is 0. The number of carbonyl (C=O) groups excluding carboxylic acids is 2. The van der Waals surface area contributed by atoms with Crippen LogP contribution in [-0.2, 0) is 9.59 Å². The molecule has 2 aliphatic rings. The van der Waals surface area contributed by atoms with Gasteiger partial charge in [0.1, 0.15) is 12.1 Å². The van der Waals surface area contributed by atoms with Crippen LogP contribution in [0.1, 0.15) is 38.5 Å². The molecule has 2 amide bonds. The van der Waals surface area contributed by atoms with Crippen LogP contribution in [0.25, 0.3) is 0 Å². The number of aromatic nitrogens is 2. The fraction of sp³-hybridized carbons (Fsp3) is 0.600. The zero-order valence-corrected chi connectivity index (χ0v) is 12.6. The summed E-state index contributed by atoms with van der Waals surface area (Å²) in [5.74, 6) is -0.675. The van der Waals surface area contributed by atoms with Crippen molar-refractivity contribution in [1.82, 2.24) is 20.6 Å². The second kappa shape index (κ2) is 6.89. The zero-order chi connectivity index (χ0) is 16.2. The highest BCUT2D eigenvalue weighted by molar-refractivity contribution is 5.90. The molecule has 0 radical (unpaired) electrons. The van der Waals surface area contributed by atoms with Crippen LogP contribution >= 0.6 is 0 Å². The Morgan fingerprint density at radius 3 is 2.52 bits per heavy atom. The highest BCUT2D eigenvalue weighted by Crippen LogP contribution is 2.22. The smallest absolute Gasteiger partial charge is 0.316 e. The highest BCUT2D eigenvalue weighted by atomic mass is 19.1. The normalized spacial score (nSPS) is 27.3. The molecule has 1 atom stereocenters. The average Bonchev–Trinajstić information content (AvgIpc) is 2.98. The topological polar surface area (TPSA) is 93.2 Å². The molecule has 124 valence electrons. The number of carbonyl (C=O) groups is 2. The first-order chi connectivity index (χ1) is 11.1. The molecular weight excluding hydrogens is 303 g/mol. The number of halogens is 1. The molecule has 0 bridgehead atoms. The molecule has 0 aromatic carbocycles. The van der Waals surface area contributed by atoms with E-state index in [1.165, 1.54) is 0 Å². The van der Waals surface area contributed by atoms with E-state index in [-0.39, 0.29) is 30.0 Å². The second-order valence-corrected chi connectivity index (χ2v) is 5.94. The van der Waals surface area contributed by atoms with Gasteiger partial charge >= 0.3 is 6.01 Å². The number of ether oxygens (including phenoxy) is 1. The average molecular weight is 322 g/mol. The molecule has 2 N–H and O–H groups in total. The molecule has 8 heteroatoms. The Balaban J connectivity index is 1.42. The number of hydrogen-bond donors (Lipinski definition) is 2. The van der Waals surface area contributed by atoms with Gasteiger partial charge in [-0.15, -0.1) is 0 Å². The lowest BCUT2D eigenvalue weighted by molar-refractivity contribution is -0.126. The van der Waals surface area contributed by atoms with Gasteiger partial charge in [-0.25, -0.2) is 14.4 Å². The van der Waals surface area contributed by atoms with E-state index in [0.717, 1.165) is 38.1 Å². The van der Waals surface area contributed by atoms with Gasteiger partial charge < -0.3 is 15.4 Å². The number of amides is 2. The molecule has 1 saturated heterocycles. The van der Waals surface area contributed by atoms with Gasteiger partial charge in [0.25, 0.3) is 0 Å². The minimum atomic E-state index is -0.497. The van der Waals surface area contributed by atoms with Crippen LogP contribution in [0.4, 0.5) is 4.39 Å². The van der Waals surface area contributed by atoms with Crippen molar-refractivity contribution in [2.75, 3.05) is 0 Å². The van der Waals surface area contributed by atoms with Crippen LogP contribution in [0.2, 0.25) is 0 Å². The minimum absolute atomic E-state index is 0.0280. The largest absolute Gasteiger partial charge is 0.460 e. The Bertz CT molecular complexity index is 573. The Morgan fingerprint density at radius 1 is 1.22 bits per heavy atom. The predicted octanol–water partition coefficient (Wildman–Crippen LogP) is 0.700. The Morgan fingerprint density at radius 2 is 1.91 bits per heavy atom. The van der Waals surface area contributed by atoms with Crippen LogP contribution < -0.4 is 15.4 Å². The molecule has 1 aromatic heterocycles. The van der Waals surface area contributed by atoms with Crippen molar-refractivity contribution in [1.29, 1.82) is 0 Å². The molecule has 1 aromatic rings. The maximum atomic E-state index is 12.7. The van der Waals surface area contributed by atoms with Crippen molar-refractivity contribution < 1.29 is 18.7 Å². The van der Waals surface area contributed by atoms with Gasteiger partial charge in [0.05, 0.1) is 12.4 Å². The van der Waals surface area contributed by atoms with E-state index in [1.54, 1.807) is 0 Å². The lowest BCUT2D eigenvalue weighted by Gasteiger charge is -2.29. The predicted molar refractivity (Wildman–Crippen MR) is 78.0 cm³/mol. The third-order valence-corrected chi connectivity index (χ3v) is 4.20. The van der Waals surface area contributed by atoms with Gasteiger partial charge in [-0.1, -0.05) is 0 Å². The Kier molecular flexibility index (Phi) is 4.68. The molecule has 2 heterocycles. The molecule has 23 heavy (non-hydrogen) atoms. The molecule has 2 fully saturated rings. The lowest BCUT2D eigenvalue weighted by atomic mass is 9.92. The first kappa shape index (κ1) is 15.6. The van der Waals surface area contributed by atoms with Crippen LogP contribution in [-0.4, -0.2) is 40.0 Å². The number of nitrogens with zero attached hydrogens (tertiary/aromatic N) is 2. The van der Waals surface area contributed by atoms with Crippen LogP contribution in [0.5, 0.6) is 6.01 Å². The fourth-order valence-corrected chi connectivity index (χ4v) is 2.95. The van der Waals surface area contributed by atoms with E-state index >= 15 is 0 Å². The number of nitrogens with one attached hydrogen (secondary N) is 2. The molecule has 0 unspecified atom stereocenters. The lowest BCUT2D eigenvalue weighted by Crippen LogP contribution is -2.47. The van der Waals surface area contributed by atoms with Crippen molar-refractivity contribution >= 4 is 11.8 Å². The fourth-order valence-electron chi connectivity index (χ4n) is 2.95. The Labute approximate surface area is 133 Å². The summed E-state index contributed by atoms with van der Waals surface area (Å²) in [4.78, 5) is 30.8. The molecule has 1 aliphatic carbocycles. The van der Waals surface area contributed by atoms with Crippen LogP contribution in [0.15, 0.2) is 12.4 Å². The monoisotopic (exact) mass is 322 g/mol. The second-order valence-electron chi connectivity index (χ2n) is 5.94. The summed E-state index contributed by atoms with van der Waals surface area (Å²) < 4.78 is 18.4.